The van der Waals surface area contributed by atoms with E-state index in [1.165, 1.54) is 0 Å². The third kappa shape index (κ3) is 4.03. The van der Waals surface area contributed by atoms with Gasteiger partial charge in [0.2, 0.25) is 5.91 Å². The monoisotopic (exact) mass is 214 g/mol. The van der Waals surface area contributed by atoms with Crippen LogP contribution in [-0.4, -0.2) is 11.9 Å². The Hall–Kier alpha value is -1.49. The van der Waals surface area contributed by atoms with E-state index < -0.39 is 11.6 Å². The molecule has 5 heteroatoms. The standard InChI is InChI=1S/C10H12F2N2O/c1-6(13)2-10(15)14-9-4-7(11)3-8(12)5-9/h3-6H,2,13H2,1H3,(H,14,15). The van der Waals surface area contributed by atoms with Crippen LogP contribution in [-0.2, 0) is 4.79 Å². The lowest BCUT2D eigenvalue weighted by atomic mass is 10.2. The summed E-state index contributed by atoms with van der Waals surface area (Å²) in [5.41, 5.74) is 5.49. The van der Waals surface area contributed by atoms with Crippen molar-refractivity contribution in [3.63, 3.8) is 0 Å². The molecule has 0 aliphatic heterocycles. The molecule has 15 heavy (non-hydrogen) atoms. The first-order chi connectivity index (χ1) is 6.97. The summed E-state index contributed by atoms with van der Waals surface area (Å²) in [5.74, 6) is -1.83. The quantitative estimate of drug-likeness (QED) is 0.803. The van der Waals surface area contributed by atoms with Crippen molar-refractivity contribution in [2.24, 2.45) is 5.73 Å². The molecule has 0 aliphatic carbocycles. The zero-order valence-electron chi connectivity index (χ0n) is 8.26. The highest BCUT2D eigenvalue weighted by Gasteiger charge is 2.07. The number of halogens is 2. The number of amides is 1. The van der Waals surface area contributed by atoms with Crippen molar-refractivity contribution in [2.45, 2.75) is 19.4 Å². The average Bonchev–Trinajstić information content (AvgIpc) is 1.98. The van der Waals surface area contributed by atoms with Gasteiger partial charge in [0.25, 0.3) is 0 Å². The molecule has 0 radical (unpaired) electrons. The minimum atomic E-state index is -0.730. The van der Waals surface area contributed by atoms with Gasteiger partial charge in [-0.05, 0) is 19.1 Å². The highest BCUT2D eigenvalue weighted by atomic mass is 19.1. The van der Waals surface area contributed by atoms with Crippen molar-refractivity contribution in [3.05, 3.63) is 29.8 Å². The zero-order valence-corrected chi connectivity index (χ0v) is 8.26. The Bertz CT molecular complexity index is 346. The number of carbonyl (C=O) groups is 1. The first-order valence-corrected chi connectivity index (χ1v) is 4.49. The van der Waals surface area contributed by atoms with E-state index >= 15 is 0 Å². The highest BCUT2D eigenvalue weighted by molar-refractivity contribution is 5.91. The van der Waals surface area contributed by atoms with Crippen molar-refractivity contribution in [1.82, 2.24) is 0 Å². The van der Waals surface area contributed by atoms with Crippen molar-refractivity contribution in [3.8, 4) is 0 Å². The van der Waals surface area contributed by atoms with E-state index in [0.717, 1.165) is 18.2 Å². The highest BCUT2D eigenvalue weighted by Crippen LogP contribution is 2.13. The van der Waals surface area contributed by atoms with Gasteiger partial charge >= 0.3 is 0 Å². The molecule has 0 heterocycles. The van der Waals surface area contributed by atoms with Crippen molar-refractivity contribution in [1.29, 1.82) is 0 Å². The summed E-state index contributed by atoms with van der Waals surface area (Å²) in [6.07, 6.45) is 0.109. The van der Waals surface area contributed by atoms with Crippen molar-refractivity contribution < 1.29 is 13.6 Å². The maximum absolute atomic E-state index is 12.7. The molecule has 82 valence electrons. The Kier molecular flexibility index (Phi) is 3.74. The molecule has 1 unspecified atom stereocenters. The summed E-state index contributed by atoms with van der Waals surface area (Å²) in [4.78, 5) is 11.2. The SMILES string of the molecule is CC(N)CC(=O)Nc1cc(F)cc(F)c1. The minimum absolute atomic E-state index is 0.0955. The Morgan fingerprint density at radius 3 is 2.40 bits per heavy atom. The second-order valence-electron chi connectivity index (χ2n) is 3.39. The number of hydrogen-bond acceptors (Lipinski definition) is 2. The number of benzene rings is 1. The van der Waals surface area contributed by atoms with Crippen molar-refractivity contribution in [2.75, 3.05) is 5.32 Å². The molecule has 1 aromatic carbocycles. The van der Waals surface area contributed by atoms with Crippen LogP contribution in [0.15, 0.2) is 18.2 Å². The van der Waals surface area contributed by atoms with Gasteiger partial charge in [0.1, 0.15) is 11.6 Å². The van der Waals surface area contributed by atoms with Crippen LogP contribution in [0, 0.1) is 11.6 Å². The fraction of sp³-hybridized carbons (Fsp3) is 0.300. The summed E-state index contributed by atoms with van der Waals surface area (Å²) >= 11 is 0. The van der Waals surface area contributed by atoms with Gasteiger partial charge in [-0.1, -0.05) is 0 Å². The van der Waals surface area contributed by atoms with Gasteiger partial charge in [0, 0.05) is 24.2 Å². The smallest absolute Gasteiger partial charge is 0.225 e. The molecule has 0 spiro atoms. The summed E-state index contributed by atoms with van der Waals surface area (Å²) < 4.78 is 25.4. The van der Waals surface area contributed by atoms with E-state index in [2.05, 4.69) is 5.32 Å². The number of carbonyl (C=O) groups excluding carboxylic acids is 1. The van der Waals surface area contributed by atoms with E-state index in [0.29, 0.717) is 0 Å². The predicted molar refractivity (Wildman–Crippen MR) is 53.3 cm³/mol. The number of rotatable bonds is 3. The lowest BCUT2D eigenvalue weighted by molar-refractivity contribution is -0.116. The van der Waals surface area contributed by atoms with Crippen molar-refractivity contribution >= 4 is 11.6 Å². The molecule has 0 saturated heterocycles. The fourth-order valence-electron chi connectivity index (χ4n) is 1.13. The molecule has 3 N–H and O–H groups in total. The number of anilines is 1. The van der Waals surface area contributed by atoms with E-state index in [1.807, 2.05) is 0 Å². The number of nitrogens with one attached hydrogen (secondary N) is 1. The van der Waals surface area contributed by atoms with Crippen LogP contribution >= 0.6 is 0 Å². The van der Waals surface area contributed by atoms with Gasteiger partial charge in [-0.15, -0.1) is 0 Å². The minimum Gasteiger partial charge on any atom is -0.327 e. The van der Waals surface area contributed by atoms with Gasteiger partial charge in [0.05, 0.1) is 0 Å². The van der Waals surface area contributed by atoms with Crippen LogP contribution in [0.1, 0.15) is 13.3 Å². The van der Waals surface area contributed by atoms with Gasteiger partial charge in [-0.2, -0.15) is 0 Å². The summed E-state index contributed by atoms with van der Waals surface area (Å²) in [5, 5.41) is 2.36. The molecule has 1 rings (SSSR count). The molecule has 0 fully saturated rings. The van der Waals surface area contributed by atoms with Crippen LogP contribution in [0.4, 0.5) is 14.5 Å². The second kappa shape index (κ2) is 4.84. The third-order valence-electron chi connectivity index (χ3n) is 1.65. The molecule has 0 aliphatic rings. The molecule has 1 amide bonds. The van der Waals surface area contributed by atoms with E-state index in [4.69, 9.17) is 5.73 Å². The second-order valence-corrected chi connectivity index (χ2v) is 3.39. The predicted octanol–water partition coefficient (Wildman–Crippen LogP) is 1.64. The molecular weight excluding hydrogens is 202 g/mol. The molecule has 3 nitrogen and oxygen atoms in total. The average molecular weight is 214 g/mol. The summed E-state index contributed by atoms with van der Waals surface area (Å²) in [7, 11) is 0. The Balaban J connectivity index is 2.68. The van der Waals surface area contributed by atoms with Crippen LogP contribution in [0.2, 0.25) is 0 Å². The summed E-state index contributed by atoms with van der Waals surface area (Å²) in [6.45, 7) is 1.67. The Morgan fingerprint density at radius 2 is 1.93 bits per heavy atom. The fourth-order valence-corrected chi connectivity index (χ4v) is 1.13. The molecular formula is C10H12F2N2O. The first-order valence-electron chi connectivity index (χ1n) is 4.49. The van der Waals surface area contributed by atoms with Gasteiger partial charge in [-0.3, -0.25) is 4.79 Å². The van der Waals surface area contributed by atoms with E-state index in [9.17, 15) is 13.6 Å². The maximum Gasteiger partial charge on any atom is 0.225 e. The normalized spacial score (nSPS) is 12.3. The van der Waals surface area contributed by atoms with Crippen LogP contribution in [0.5, 0.6) is 0 Å². The molecule has 0 bridgehead atoms. The summed E-state index contributed by atoms with van der Waals surface area (Å²) in [6, 6.07) is 2.54. The van der Waals surface area contributed by atoms with Crippen LogP contribution < -0.4 is 11.1 Å². The molecule has 1 atom stereocenters. The lowest BCUT2D eigenvalue weighted by Crippen LogP contribution is -2.24. The Morgan fingerprint density at radius 1 is 1.40 bits per heavy atom. The maximum atomic E-state index is 12.7. The van der Waals surface area contributed by atoms with Gasteiger partial charge < -0.3 is 11.1 Å². The molecule has 0 aromatic heterocycles. The lowest BCUT2D eigenvalue weighted by Gasteiger charge is -2.07. The Labute approximate surface area is 86.3 Å². The molecule has 1 aromatic rings. The van der Waals surface area contributed by atoms with E-state index in [1.54, 1.807) is 6.92 Å². The number of hydrogen-bond donors (Lipinski definition) is 2. The van der Waals surface area contributed by atoms with Crippen LogP contribution in [0.25, 0.3) is 0 Å². The largest absolute Gasteiger partial charge is 0.327 e. The van der Waals surface area contributed by atoms with Gasteiger partial charge in [0.15, 0.2) is 0 Å². The topological polar surface area (TPSA) is 55.1 Å². The third-order valence-corrected chi connectivity index (χ3v) is 1.65. The van der Waals surface area contributed by atoms with Crippen LogP contribution in [0.3, 0.4) is 0 Å². The first kappa shape index (κ1) is 11.6. The van der Waals surface area contributed by atoms with Gasteiger partial charge in [-0.25, -0.2) is 8.78 Å². The van der Waals surface area contributed by atoms with E-state index in [-0.39, 0.29) is 24.1 Å². The number of nitrogens with two attached hydrogens (primary N) is 1. The zero-order chi connectivity index (χ0) is 11.4. The molecule has 0 saturated carbocycles.